The normalized spacial score (nSPS) is 19.0. The van der Waals surface area contributed by atoms with Gasteiger partial charge in [-0.3, -0.25) is 4.98 Å². The molecule has 0 radical (unpaired) electrons. The maximum absolute atomic E-state index is 10.3. The zero-order valence-electron chi connectivity index (χ0n) is 10.4. The summed E-state index contributed by atoms with van der Waals surface area (Å²) in [7, 11) is 0. The second-order valence-corrected chi connectivity index (χ2v) is 4.62. The zero-order chi connectivity index (χ0) is 12.3. The van der Waals surface area contributed by atoms with Crippen molar-refractivity contribution in [2.75, 3.05) is 25.1 Å². The molecule has 0 saturated carbocycles. The van der Waals surface area contributed by atoms with Gasteiger partial charge in [-0.05, 0) is 13.8 Å². The third-order valence-electron chi connectivity index (χ3n) is 3.21. The number of ether oxygens (including phenoxy) is 1. The summed E-state index contributed by atoms with van der Waals surface area (Å²) < 4.78 is 5.24. The molecule has 0 amide bonds. The zero-order valence-corrected chi connectivity index (χ0v) is 10.4. The molecule has 1 aromatic heterocycles. The highest BCUT2D eigenvalue weighted by molar-refractivity contribution is 5.33. The average molecular weight is 237 g/mol. The van der Waals surface area contributed by atoms with Crippen molar-refractivity contribution in [3.63, 3.8) is 0 Å². The minimum Gasteiger partial charge on any atom is -0.388 e. The van der Waals surface area contributed by atoms with E-state index in [4.69, 9.17) is 4.74 Å². The Bertz CT molecular complexity index is 389. The predicted octanol–water partition coefficient (Wildman–Crippen LogP) is 1.05. The number of nitrogens with one attached hydrogen (secondary N) is 1. The van der Waals surface area contributed by atoms with E-state index in [0.717, 1.165) is 11.4 Å². The van der Waals surface area contributed by atoms with Crippen molar-refractivity contribution in [3.8, 4) is 0 Å². The van der Waals surface area contributed by atoms with Crippen molar-refractivity contribution < 1.29 is 9.84 Å². The lowest BCUT2D eigenvalue weighted by Gasteiger charge is -2.32. The van der Waals surface area contributed by atoms with Gasteiger partial charge in [-0.2, -0.15) is 0 Å². The van der Waals surface area contributed by atoms with Crippen LogP contribution in [0, 0.1) is 13.8 Å². The first-order chi connectivity index (χ1) is 8.09. The first-order valence-electron chi connectivity index (χ1n) is 5.93. The number of aryl methyl sites for hydroxylation is 2. The molecule has 94 valence electrons. The van der Waals surface area contributed by atoms with Gasteiger partial charge in [0.1, 0.15) is 5.82 Å². The van der Waals surface area contributed by atoms with Gasteiger partial charge in [0, 0.05) is 32.6 Å². The molecule has 1 aliphatic heterocycles. The number of aromatic nitrogens is 2. The van der Waals surface area contributed by atoms with Gasteiger partial charge in [-0.25, -0.2) is 4.98 Å². The Morgan fingerprint density at radius 1 is 1.35 bits per heavy atom. The summed E-state index contributed by atoms with van der Waals surface area (Å²) in [5, 5.41) is 13.4. The fraction of sp³-hybridized carbons (Fsp3) is 0.667. The molecule has 0 atom stereocenters. The van der Waals surface area contributed by atoms with Crippen molar-refractivity contribution in [2.24, 2.45) is 0 Å². The van der Waals surface area contributed by atoms with E-state index in [2.05, 4.69) is 15.3 Å². The van der Waals surface area contributed by atoms with E-state index in [1.807, 2.05) is 13.8 Å². The molecule has 17 heavy (non-hydrogen) atoms. The van der Waals surface area contributed by atoms with Crippen LogP contribution in [-0.4, -0.2) is 40.4 Å². The van der Waals surface area contributed by atoms with Gasteiger partial charge in [0.2, 0.25) is 0 Å². The molecule has 2 heterocycles. The summed E-state index contributed by atoms with van der Waals surface area (Å²) in [6.45, 7) is 5.59. The van der Waals surface area contributed by atoms with Crippen molar-refractivity contribution in [1.29, 1.82) is 0 Å². The number of aliphatic hydroxyl groups is 1. The van der Waals surface area contributed by atoms with Gasteiger partial charge >= 0.3 is 0 Å². The van der Waals surface area contributed by atoms with E-state index < -0.39 is 5.60 Å². The minimum atomic E-state index is -0.682. The maximum Gasteiger partial charge on any atom is 0.144 e. The van der Waals surface area contributed by atoms with E-state index in [-0.39, 0.29) is 0 Å². The van der Waals surface area contributed by atoms with Crippen molar-refractivity contribution in [2.45, 2.75) is 32.3 Å². The third kappa shape index (κ3) is 3.14. The summed E-state index contributed by atoms with van der Waals surface area (Å²) in [5.74, 6) is 0.716. The Balaban J connectivity index is 1.94. The van der Waals surface area contributed by atoms with Gasteiger partial charge in [0.25, 0.3) is 0 Å². The monoisotopic (exact) mass is 237 g/mol. The number of rotatable bonds is 3. The Hall–Kier alpha value is -1.20. The predicted molar refractivity (Wildman–Crippen MR) is 65.0 cm³/mol. The van der Waals surface area contributed by atoms with E-state index in [9.17, 15) is 5.11 Å². The van der Waals surface area contributed by atoms with Crippen LogP contribution in [0.4, 0.5) is 5.82 Å². The maximum atomic E-state index is 10.3. The van der Waals surface area contributed by atoms with Crippen LogP contribution in [0.1, 0.15) is 24.2 Å². The second kappa shape index (κ2) is 4.98. The van der Waals surface area contributed by atoms with Crippen molar-refractivity contribution >= 4 is 5.82 Å². The van der Waals surface area contributed by atoms with Crippen LogP contribution in [0.3, 0.4) is 0 Å². The standard InChI is InChI=1S/C12H19N3O2/c1-9-10(2)15-11(7-13-9)14-8-12(16)3-5-17-6-4-12/h7,16H,3-6,8H2,1-2H3,(H,14,15). The SMILES string of the molecule is Cc1ncc(NCC2(O)CCOCC2)nc1C. The highest BCUT2D eigenvalue weighted by Gasteiger charge is 2.29. The van der Waals surface area contributed by atoms with Crippen molar-refractivity contribution in [3.05, 3.63) is 17.6 Å². The molecule has 2 rings (SSSR count). The average Bonchev–Trinajstić information content (AvgIpc) is 2.32. The number of hydrogen-bond acceptors (Lipinski definition) is 5. The molecule has 5 heteroatoms. The summed E-state index contributed by atoms with van der Waals surface area (Å²) in [4.78, 5) is 8.61. The smallest absolute Gasteiger partial charge is 0.144 e. The lowest BCUT2D eigenvalue weighted by Crippen LogP contribution is -2.42. The molecular weight excluding hydrogens is 218 g/mol. The quantitative estimate of drug-likeness (QED) is 0.822. The molecule has 0 spiro atoms. The van der Waals surface area contributed by atoms with Gasteiger partial charge in [0.05, 0.1) is 23.2 Å². The van der Waals surface area contributed by atoms with Crippen LogP contribution in [0.2, 0.25) is 0 Å². The van der Waals surface area contributed by atoms with Gasteiger partial charge in [-0.15, -0.1) is 0 Å². The molecule has 1 fully saturated rings. The van der Waals surface area contributed by atoms with Crippen LogP contribution in [0.5, 0.6) is 0 Å². The van der Waals surface area contributed by atoms with E-state index >= 15 is 0 Å². The summed E-state index contributed by atoms with van der Waals surface area (Å²) >= 11 is 0. The minimum absolute atomic E-state index is 0.494. The summed E-state index contributed by atoms with van der Waals surface area (Å²) in [5.41, 5.74) is 1.16. The fourth-order valence-corrected chi connectivity index (χ4v) is 1.81. The van der Waals surface area contributed by atoms with Gasteiger partial charge in [-0.1, -0.05) is 0 Å². The molecule has 0 bridgehead atoms. The first-order valence-corrected chi connectivity index (χ1v) is 5.93. The lowest BCUT2D eigenvalue weighted by atomic mass is 9.94. The summed E-state index contributed by atoms with van der Waals surface area (Å²) in [6, 6.07) is 0. The lowest BCUT2D eigenvalue weighted by molar-refractivity contribution is -0.0543. The largest absolute Gasteiger partial charge is 0.388 e. The van der Waals surface area contributed by atoms with Crippen LogP contribution in [-0.2, 0) is 4.74 Å². The van der Waals surface area contributed by atoms with Crippen LogP contribution < -0.4 is 5.32 Å². The molecule has 0 aliphatic carbocycles. The molecular formula is C12H19N3O2. The van der Waals surface area contributed by atoms with Crippen molar-refractivity contribution in [1.82, 2.24) is 9.97 Å². The van der Waals surface area contributed by atoms with Crippen LogP contribution in [0.15, 0.2) is 6.20 Å². The molecule has 1 saturated heterocycles. The highest BCUT2D eigenvalue weighted by Crippen LogP contribution is 2.20. The number of hydrogen-bond donors (Lipinski definition) is 2. The summed E-state index contributed by atoms with van der Waals surface area (Å²) in [6.07, 6.45) is 3.03. The fourth-order valence-electron chi connectivity index (χ4n) is 1.81. The Labute approximate surface area is 101 Å². The van der Waals surface area contributed by atoms with Crippen LogP contribution in [0.25, 0.3) is 0 Å². The molecule has 1 aromatic rings. The topological polar surface area (TPSA) is 67.3 Å². The number of anilines is 1. The number of nitrogens with zero attached hydrogens (tertiary/aromatic N) is 2. The molecule has 2 N–H and O–H groups in total. The van der Waals surface area contributed by atoms with E-state index in [0.29, 0.717) is 38.4 Å². The highest BCUT2D eigenvalue weighted by atomic mass is 16.5. The molecule has 1 aliphatic rings. The third-order valence-corrected chi connectivity index (χ3v) is 3.21. The van der Waals surface area contributed by atoms with Crippen LogP contribution >= 0.6 is 0 Å². The Morgan fingerprint density at radius 3 is 2.71 bits per heavy atom. The molecule has 0 aromatic carbocycles. The van der Waals surface area contributed by atoms with Gasteiger partial charge < -0.3 is 15.2 Å². The van der Waals surface area contributed by atoms with E-state index in [1.165, 1.54) is 0 Å². The van der Waals surface area contributed by atoms with E-state index in [1.54, 1.807) is 6.20 Å². The van der Waals surface area contributed by atoms with Gasteiger partial charge in [0.15, 0.2) is 0 Å². The molecule has 0 unspecified atom stereocenters. The Morgan fingerprint density at radius 2 is 2.06 bits per heavy atom. The Kier molecular flexibility index (Phi) is 3.59. The first kappa shape index (κ1) is 12.3. The molecule has 5 nitrogen and oxygen atoms in total. The second-order valence-electron chi connectivity index (χ2n) is 4.62.